The zero-order valence-electron chi connectivity index (χ0n) is 13.1. The molecular formula is C16H29NO2S. The second-order valence-corrected chi connectivity index (χ2v) is 8.45. The maximum atomic E-state index is 10.9. The molecule has 116 valence electrons. The Hall–Kier alpha value is -0.220. The van der Waals surface area contributed by atoms with Gasteiger partial charge in [0.15, 0.2) is 0 Å². The minimum absolute atomic E-state index is 0.301. The Bertz CT molecular complexity index is 345. The van der Waals surface area contributed by atoms with Crippen LogP contribution in [0, 0.1) is 17.3 Å². The highest BCUT2D eigenvalue weighted by Gasteiger charge is 2.39. The molecule has 0 bridgehead atoms. The average molecular weight is 299 g/mol. The largest absolute Gasteiger partial charge is 0.481 e. The number of rotatable bonds is 4. The van der Waals surface area contributed by atoms with Crippen LogP contribution < -0.4 is 0 Å². The Kier molecular flexibility index (Phi) is 5.41. The van der Waals surface area contributed by atoms with Gasteiger partial charge in [-0.25, -0.2) is 0 Å². The summed E-state index contributed by atoms with van der Waals surface area (Å²) >= 11 is 2.08. The first-order valence-corrected chi connectivity index (χ1v) is 9.09. The summed E-state index contributed by atoms with van der Waals surface area (Å²) < 4.78 is 0. The number of hydrogen-bond donors (Lipinski definition) is 1. The molecule has 1 N–H and O–H groups in total. The summed E-state index contributed by atoms with van der Waals surface area (Å²) in [4.78, 5) is 13.6. The predicted molar refractivity (Wildman–Crippen MR) is 85.2 cm³/mol. The molecule has 3 atom stereocenters. The van der Waals surface area contributed by atoms with Crippen LogP contribution in [0.1, 0.15) is 46.5 Å². The summed E-state index contributed by atoms with van der Waals surface area (Å²) in [6, 6.07) is 0.668. The fourth-order valence-electron chi connectivity index (χ4n) is 3.75. The van der Waals surface area contributed by atoms with Crippen molar-refractivity contribution in [2.45, 2.75) is 52.5 Å². The second kappa shape index (κ2) is 6.69. The number of piperidine rings is 1. The van der Waals surface area contributed by atoms with E-state index in [1.807, 2.05) is 0 Å². The van der Waals surface area contributed by atoms with Gasteiger partial charge >= 0.3 is 5.97 Å². The van der Waals surface area contributed by atoms with Gasteiger partial charge in [0.05, 0.1) is 0 Å². The molecule has 2 saturated heterocycles. The fraction of sp³-hybridized carbons (Fsp3) is 0.938. The molecule has 2 rings (SSSR count). The normalized spacial score (nSPS) is 32.8. The first-order valence-electron chi connectivity index (χ1n) is 7.94. The molecule has 0 aromatic carbocycles. The lowest BCUT2D eigenvalue weighted by Crippen LogP contribution is -2.53. The van der Waals surface area contributed by atoms with Crippen molar-refractivity contribution >= 4 is 17.7 Å². The van der Waals surface area contributed by atoms with Crippen LogP contribution in [0.25, 0.3) is 0 Å². The number of nitrogens with zero attached hydrogens (tertiary/aromatic N) is 1. The maximum Gasteiger partial charge on any atom is 0.303 e. The predicted octanol–water partition coefficient (Wildman–Crippen LogP) is 3.34. The molecule has 2 aliphatic heterocycles. The third-order valence-electron chi connectivity index (χ3n) is 5.30. The molecule has 0 amide bonds. The minimum Gasteiger partial charge on any atom is -0.481 e. The number of hydrogen-bond acceptors (Lipinski definition) is 3. The standard InChI is InChI=1S/C16H29NO2S/c1-12(9-15(18)19)13-5-4-7-17(10-13)14-11-20-8-6-16(14,2)3/h12-14H,4-11H2,1-3H3,(H,18,19). The minimum atomic E-state index is -0.650. The zero-order valence-corrected chi connectivity index (χ0v) is 13.9. The molecule has 0 radical (unpaired) electrons. The third kappa shape index (κ3) is 3.91. The molecule has 2 aliphatic rings. The Morgan fingerprint density at radius 1 is 1.50 bits per heavy atom. The van der Waals surface area contributed by atoms with Crippen LogP contribution in [0.4, 0.5) is 0 Å². The van der Waals surface area contributed by atoms with E-state index in [0.717, 1.165) is 6.54 Å². The molecular weight excluding hydrogens is 270 g/mol. The summed E-state index contributed by atoms with van der Waals surface area (Å²) in [5.74, 6) is 2.74. The molecule has 0 aromatic rings. The zero-order chi connectivity index (χ0) is 14.8. The summed E-state index contributed by atoms with van der Waals surface area (Å²) in [6.45, 7) is 9.22. The molecule has 3 nitrogen and oxygen atoms in total. The average Bonchev–Trinajstić information content (AvgIpc) is 2.37. The monoisotopic (exact) mass is 299 g/mol. The Morgan fingerprint density at radius 2 is 2.25 bits per heavy atom. The van der Waals surface area contributed by atoms with Crippen LogP contribution in [0.15, 0.2) is 0 Å². The van der Waals surface area contributed by atoms with Gasteiger partial charge in [0.2, 0.25) is 0 Å². The van der Waals surface area contributed by atoms with Gasteiger partial charge in [-0.3, -0.25) is 9.69 Å². The van der Waals surface area contributed by atoms with E-state index in [-0.39, 0.29) is 0 Å². The van der Waals surface area contributed by atoms with Crippen LogP contribution in [0.3, 0.4) is 0 Å². The summed E-state index contributed by atoms with van der Waals surface area (Å²) in [5, 5.41) is 9.00. The number of carbonyl (C=O) groups is 1. The quantitative estimate of drug-likeness (QED) is 0.864. The van der Waals surface area contributed by atoms with Crippen molar-refractivity contribution in [3.63, 3.8) is 0 Å². The Balaban J connectivity index is 1.97. The molecule has 0 spiro atoms. The van der Waals surface area contributed by atoms with Crippen molar-refractivity contribution in [3.05, 3.63) is 0 Å². The van der Waals surface area contributed by atoms with E-state index < -0.39 is 5.97 Å². The van der Waals surface area contributed by atoms with Gasteiger partial charge in [0, 0.05) is 24.8 Å². The third-order valence-corrected chi connectivity index (χ3v) is 6.34. The van der Waals surface area contributed by atoms with Crippen molar-refractivity contribution in [1.29, 1.82) is 0 Å². The lowest BCUT2D eigenvalue weighted by Gasteiger charge is -2.48. The van der Waals surface area contributed by atoms with Crippen molar-refractivity contribution in [1.82, 2.24) is 4.90 Å². The Morgan fingerprint density at radius 3 is 2.90 bits per heavy atom. The highest BCUT2D eigenvalue weighted by Crippen LogP contribution is 2.39. The number of carboxylic acids is 1. The molecule has 4 heteroatoms. The summed E-state index contributed by atoms with van der Waals surface area (Å²) in [6.07, 6.45) is 4.05. The molecule has 0 aromatic heterocycles. The van der Waals surface area contributed by atoms with E-state index in [1.165, 1.54) is 37.3 Å². The lowest BCUT2D eigenvalue weighted by molar-refractivity contribution is -0.138. The van der Waals surface area contributed by atoms with Crippen LogP contribution in [0.2, 0.25) is 0 Å². The molecule has 2 heterocycles. The van der Waals surface area contributed by atoms with E-state index in [4.69, 9.17) is 5.11 Å². The van der Waals surface area contributed by atoms with E-state index in [1.54, 1.807) is 0 Å². The first kappa shape index (κ1) is 16.2. The summed E-state index contributed by atoms with van der Waals surface area (Å²) in [7, 11) is 0. The van der Waals surface area contributed by atoms with Crippen LogP contribution in [-0.4, -0.2) is 46.6 Å². The van der Waals surface area contributed by atoms with Crippen LogP contribution in [-0.2, 0) is 4.79 Å². The number of aliphatic carboxylic acids is 1. The van der Waals surface area contributed by atoms with E-state index in [0.29, 0.717) is 29.7 Å². The smallest absolute Gasteiger partial charge is 0.303 e. The SMILES string of the molecule is CC(CC(=O)O)C1CCCN(C2CSCCC2(C)C)C1. The maximum absolute atomic E-state index is 10.9. The van der Waals surface area contributed by atoms with Gasteiger partial charge < -0.3 is 5.11 Å². The number of carboxylic acid groups (broad SMARTS) is 1. The molecule has 3 unspecified atom stereocenters. The first-order chi connectivity index (χ1) is 9.40. The Labute approximate surface area is 127 Å². The van der Waals surface area contributed by atoms with Gasteiger partial charge in [-0.05, 0) is 48.8 Å². The van der Waals surface area contributed by atoms with Crippen LogP contribution >= 0.6 is 11.8 Å². The topological polar surface area (TPSA) is 40.5 Å². The molecule has 2 fully saturated rings. The van der Waals surface area contributed by atoms with Crippen LogP contribution in [0.5, 0.6) is 0 Å². The number of likely N-dealkylation sites (tertiary alicyclic amines) is 1. The molecule has 0 saturated carbocycles. The van der Waals surface area contributed by atoms with Gasteiger partial charge in [0.1, 0.15) is 0 Å². The van der Waals surface area contributed by atoms with E-state index in [2.05, 4.69) is 37.4 Å². The van der Waals surface area contributed by atoms with Gasteiger partial charge in [-0.1, -0.05) is 20.8 Å². The van der Waals surface area contributed by atoms with Gasteiger partial charge in [-0.15, -0.1) is 0 Å². The number of thioether (sulfide) groups is 1. The van der Waals surface area contributed by atoms with Gasteiger partial charge in [-0.2, -0.15) is 11.8 Å². The second-order valence-electron chi connectivity index (χ2n) is 7.30. The van der Waals surface area contributed by atoms with Crippen molar-refractivity contribution < 1.29 is 9.90 Å². The van der Waals surface area contributed by atoms with Gasteiger partial charge in [0.25, 0.3) is 0 Å². The fourth-order valence-corrected chi connectivity index (χ4v) is 5.47. The van der Waals surface area contributed by atoms with Crippen molar-refractivity contribution in [3.8, 4) is 0 Å². The molecule has 0 aliphatic carbocycles. The van der Waals surface area contributed by atoms with E-state index >= 15 is 0 Å². The highest BCUT2D eigenvalue weighted by molar-refractivity contribution is 7.99. The van der Waals surface area contributed by atoms with E-state index in [9.17, 15) is 4.79 Å². The highest BCUT2D eigenvalue weighted by atomic mass is 32.2. The van der Waals surface area contributed by atoms with Crippen molar-refractivity contribution in [2.75, 3.05) is 24.6 Å². The van der Waals surface area contributed by atoms with Crippen molar-refractivity contribution in [2.24, 2.45) is 17.3 Å². The molecule has 20 heavy (non-hydrogen) atoms. The summed E-state index contributed by atoms with van der Waals surface area (Å²) in [5.41, 5.74) is 0.406. The lowest BCUT2D eigenvalue weighted by atomic mass is 9.78.